The molecule has 0 saturated carbocycles. The van der Waals surface area contributed by atoms with Crippen LogP contribution in [0.3, 0.4) is 0 Å². The highest BCUT2D eigenvalue weighted by molar-refractivity contribution is 6.74. The number of alkyl carbamates (subject to hydrolysis) is 1. The van der Waals surface area contributed by atoms with Crippen molar-refractivity contribution < 1.29 is 33.0 Å². The lowest BCUT2D eigenvalue weighted by atomic mass is 10.1. The van der Waals surface area contributed by atoms with E-state index in [-0.39, 0.29) is 17.6 Å². The van der Waals surface area contributed by atoms with Crippen LogP contribution >= 0.6 is 0 Å². The molecule has 0 aliphatic carbocycles. The molecular weight excluding hydrogens is 454 g/mol. The summed E-state index contributed by atoms with van der Waals surface area (Å²) >= 11 is 0. The van der Waals surface area contributed by atoms with Crippen LogP contribution in [0.15, 0.2) is 30.3 Å². The Kier molecular flexibility index (Phi) is 11.2. The van der Waals surface area contributed by atoms with Gasteiger partial charge in [-0.3, -0.25) is 0 Å². The predicted molar refractivity (Wildman–Crippen MR) is 133 cm³/mol. The first-order chi connectivity index (χ1) is 15.7. The minimum Gasteiger partial charge on any atom is -0.467 e. The first-order valence-electron chi connectivity index (χ1n) is 11.6. The Bertz CT molecular complexity index is 805. The molecule has 34 heavy (non-hydrogen) atoms. The van der Waals surface area contributed by atoms with Gasteiger partial charge in [0.25, 0.3) is 0 Å². The second kappa shape index (κ2) is 12.9. The molecule has 1 aromatic carbocycles. The first kappa shape index (κ1) is 29.6. The molecule has 192 valence electrons. The summed E-state index contributed by atoms with van der Waals surface area (Å²) < 4.78 is 22.0. The normalized spacial score (nSPS) is 14.6. The molecule has 0 heterocycles. The number of carbonyl (C=O) groups is 3. The van der Waals surface area contributed by atoms with Gasteiger partial charge in [-0.2, -0.15) is 0 Å². The SMILES string of the molecule is COC(=O)[C@@H](NC(=O)OCc1ccccc1)[C@@H](C)OC(=O)[C@H](CC(C)C)O[Si](C)(C)C(C)(C)C. The molecule has 1 aromatic rings. The van der Waals surface area contributed by atoms with Gasteiger partial charge in [0, 0.05) is 0 Å². The molecule has 0 saturated heterocycles. The molecule has 3 atom stereocenters. The van der Waals surface area contributed by atoms with Crippen LogP contribution in [0.2, 0.25) is 18.1 Å². The van der Waals surface area contributed by atoms with Crippen LogP contribution < -0.4 is 5.32 Å². The van der Waals surface area contributed by atoms with Gasteiger partial charge in [-0.25, -0.2) is 14.4 Å². The minimum absolute atomic E-state index is 0.0333. The number of hydrogen-bond acceptors (Lipinski definition) is 7. The predicted octanol–water partition coefficient (Wildman–Crippen LogP) is 4.82. The third-order valence-corrected chi connectivity index (χ3v) is 10.4. The zero-order chi connectivity index (χ0) is 26.1. The zero-order valence-corrected chi connectivity index (χ0v) is 23.0. The van der Waals surface area contributed by atoms with E-state index in [0.29, 0.717) is 6.42 Å². The summed E-state index contributed by atoms with van der Waals surface area (Å²) in [5.74, 6) is -1.12. The number of amides is 1. The second-order valence-corrected chi connectivity index (χ2v) is 15.1. The molecule has 1 N–H and O–H groups in total. The van der Waals surface area contributed by atoms with Crippen molar-refractivity contribution in [3.63, 3.8) is 0 Å². The lowest BCUT2D eigenvalue weighted by Gasteiger charge is -2.39. The fraction of sp³-hybridized carbons (Fsp3) is 0.640. The van der Waals surface area contributed by atoms with E-state index in [1.54, 1.807) is 0 Å². The molecule has 0 aromatic heterocycles. The molecular formula is C25H41NO7Si. The molecule has 8 nitrogen and oxygen atoms in total. The number of ether oxygens (including phenoxy) is 3. The summed E-state index contributed by atoms with van der Waals surface area (Å²) in [6.45, 7) is 16.0. The van der Waals surface area contributed by atoms with Crippen molar-refractivity contribution >= 4 is 26.3 Å². The second-order valence-electron chi connectivity index (χ2n) is 10.3. The van der Waals surface area contributed by atoms with Crippen molar-refractivity contribution in [3.05, 3.63) is 35.9 Å². The van der Waals surface area contributed by atoms with Gasteiger partial charge in [-0.15, -0.1) is 0 Å². The van der Waals surface area contributed by atoms with E-state index < -0.39 is 44.6 Å². The molecule has 0 fully saturated rings. The maximum atomic E-state index is 13.1. The number of nitrogens with one attached hydrogen (secondary N) is 1. The van der Waals surface area contributed by atoms with E-state index in [1.165, 1.54) is 14.0 Å². The fourth-order valence-electron chi connectivity index (χ4n) is 2.87. The maximum absolute atomic E-state index is 13.1. The number of hydrogen-bond donors (Lipinski definition) is 1. The average Bonchev–Trinajstić information content (AvgIpc) is 2.74. The topological polar surface area (TPSA) is 100 Å². The van der Waals surface area contributed by atoms with E-state index in [4.69, 9.17) is 18.6 Å². The lowest BCUT2D eigenvalue weighted by Crippen LogP contribution is -2.52. The smallest absolute Gasteiger partial charge is 0.408 e. The highest BCUT2D eigenvalue weighted by Crippen LogP contribution is 2.38. The lowest BCUT2D eigenvalue weighted by molar-refractivity contribution is -0.163. The van der Waals surface area contributed by atoms with Crippen LogP contribution in [0.1, 0.15) is 53.5 Å². The third-order valence-electron chi connectivity index (χ3n) is 5.90. The Morgan fingerprint density at radius 2 is 1.59 bits per heavy atom. The average molecular weight is 496 g/mol. The van der Waals surface area contributed by atoms with Crippen molar-refractivity contribution in [1.29, 1.82) is 0 Å². The molecule has 0 aliphatic rings. The van der Waals surface area contributed by atoms with Crippen molar-refractivity contribution in [2.24, 2.45) is 5.92 Å². The summed E-state index contributed by atoms with van der Waals surface area (Å²) in [7, 11) is -1.06. The Hall–Kier alpha value is -2.39. The highest BCUT2D eigenvalue weighted by atomic mass is 28.4. The van der Waals surface area contributed by atoms with Gasteiger partial charge in [0.2, 0.25) is 0 Å². The van der Waals surface area contributed by atoms with Crippen LogP contribution in [0.4, 0.5) is 4.79 Å². The Balaban J connectivity index is 2.89. The van der Waals surface area contributed by atoms with E-state index in [1.807, 2.05) is 44.2 Å². The summed E-state index contributed by atoms with van der Waals surface area (Å²) in [6, 6.07) is 7.90. The van der Waals surface area contributed by atoms with Gasteiger partial charge in [-0.1, -0.05) is 65.0 Å². The van der Waals surface area contributed by atoms with Crippen molar-refractivity contribution in [2.75, 3.05) is 7.11 Å². The van der Waals surface area contributed by atoms with E-state index in [9.17, 15) is 14.4 Å². The number of esters is 2. The highest BCUT2D eigenvalue weighted by Gasteiger charge is 2.42. The molecule has 1 rings (SSSR count). The van der Waals surface area contributed by atoms with Gasteiger partial charge in [0.1, 0.15) is 18.8 Å². The molecule has 0 spiro atoms. The Morgan fingerprint density at radius 1 is 1.00 bits per heavy atom. The van der Waals surface area contributed by atoms with Crippen LogP contribution in [-0.4, -0.2) is 51.7 Å². The van der Waals surface area contributed by atoms with Crippen LogP contribution in [0.25, 0.3) is 0 Å². The third kappa shape index (κ3) is 9.46. The monoisotopic (exact) mass is 495 g/mol. The zero-order valence-electron chi connectivity index (χ0n) is 22.0. The number of carbonyl (C=O) groups excluding carboxylic acids is 3. The van der Waals surface area contributed by atoms with Crippen LogP contribution in [-0.2, 0) is 34.8 Å². The number of methoxy groups -OCH3 is 1. The molecule has 0 radical (unpaired) electrons. The summed E-state index contributed by atoms with van der Waals surface area (Å²) in [6.07, 6.45) is -2.11. The fourth-order valence-corrected chi connectivity index (χ4v) is 4.12. The molecule has 9 heteroatoms. The Morgan fingerprint density at radius 3 is 2.09 bits per heavy atom. The van der Waals surface area contributed by atoms with E-state index >= 15 is 0 Å². The minimum atomic E-state index is -2.26. The van der Waals surface area contributed by atoms with E-state index in [0.717, 1.165) is 5.56 Å². The Labute approximate surface area is 204 Å². The molecule has 0 bridgehead atoms. The summed E-state index contributed by atoms with van der Waals surface area (Å²) in [5.41, 5.74) is 0.797. The van der Waals surface area contributed by atoms with Crippen LogP contribution in [0.5, 0.6) is 0 Å². The largest absolute Gasteiger partial charge is 0.467 e. The standard InChI is InChI=1S/C25H41NO7Si/c1-17(2)15-20(33-34(8,9)25(4,5)6)22(27)32-18(3)21(23(28)30-7)26-24(29)31-16-19-13-11-10-12-14-19/h10-14,17-18,20-21H,15-16H2,1-9H3,(H,26,29)/t18-,20+,21+/m1/s1. The van der Waals surface area contributed by atoms with E-state index in [2.05, 4.69) is 39.2 Å². The van der Waals surface area contributed by atoms with Gasteiger partial charge in [-0.05, 0) is 43.0 Å². The van der Waals surface area contributed by atoms with Gasteiger partial charge in [0.15, 0.2) is 14.4 Å². The summed E-state index contributed by atoms with van der Waals surface area (Å²) in [5, 5.41) is 2.36. The quantitative estimate of drug-likeness (QED) is 0.267. The maximum Gasteiger partial charge on any atom is 0.408 e. The van der Waals surface area contributed by atoms with Gasteiger partial charge in [0.05, 0.1) is 7.11 Å². The van der Waals surface area contributed by atoms with Crippen LogP contribution in [0, 0.1) is 5.92 Å². The van der Waals surface area contributed by atoms with Gasteiger partial charge < -0.3 is 24.0 Å². The van der Waals surface area contributed by atoms with Gasteiger partial charge >= 0.3 is 18.0 Å². The molecule has 1 amide bonds. The molecule has 0 aliphatic heterocycles. The number of rotatable bonds is 11. The first-order valence-corrected chi connectivity index (χ1v) is 14.5. The van der Waals surface area contributed by atoms with Crippen molar-refractivity contribution in [3.8, 4) is 0 Å². The summed E-state index contributed by atoms with van der Waals surface area (Å²) in [4.78, 5) is 37.7. The number of benzene rings is 1. The van der Waals surface area contributed by atoms with Crippen molar-refractivity contribution in [2.45, 2.75) is 91.0 Å². The molecule has 0 unspecified atom stereocenters. The van der Waals surface area contributed by atoms with Crippen molar-refractivity contribution in [1.82, 2.24) is 5.32 Å².